The van der Waals surface area contributed by atoms with Gasteiger partial charge in [0.1, 0.15) is 18.1 Å². The van der Waals surface area contributed by atoms with Gasteiger partial charge in [-0.1, -0.05) is 48.5 Å². The standard InChI is InChI=1S/C37H43N7O5/c1-4-49-31(46)21-28(45)22-40-23-37(2,36(48)44-18-8-9-19-44)27-16-17-30-29(20-27)41-34(43(30)3)32(38)24-12-14-25(15-13-24)33(39)42-35(47)26-10-6-5-7-11-26/h5-7,10-17,20,32,40H,4,8-9,18-19,21-23,38H2,1-3H3,(H2,39,42,47). The molecule has 256 valence electrons. The minimum atomic E-state index is -1.00. The van der Waals surface area contributed by atoms with E-state index < -0.39 is 17.4 Å². The van der Waals surface area contributed by atoms with Crippen LogP contribution >= 0.6 is 0 Å². The highest BCUT2D eigenvalue weighted by molar-refractivity contribution is 6.11. The van der Waals surface area contributed by atoms with Gasteiger partial charge in [-0.05, 0) is 62.1 Å². The van der Waals surface area contributed by atoms with Gasteiger partial charge in [0.2, 0.25) is 5.91 Å². The van der Waals surface area contributed by atoms with Crippen molar-refractivity contribution in [2.45, 2.75) is 44.6 Å². The van der Waals surface area contributed by atoms with Crippen molar-refractivity contribution in [2.75, 3.05) is 32.8 Å². The first-order valence-corrected chi connectivity index (χ1v) is 16.5. The number of likely N-dealkylation sites (tertiary alicyclic amines) is 1. The number of aryl methyl sites for hydroxylation is 1. The van der Waals surface area contributed by atoms with Crippen molar-refractivity contribution in [3.63, 3.8) is 0 Å². The van der Waals surface area contributed by atoms with Crippen LogP contribution in [0.3, 0.4) is 0 Å². The Morgan fingerprint density at radius 2 is 1.69 bits per heavy atom. The molecule has 0 aliphatic carbocycles. The second-order valence-electron chi connectivity index (χ2n) is 12.5. The zero-order valence-corrected chi connectivity index (χ0v) is 28.1. The molecule has 1 saturated heterocycles. The Morgan fingerprint density at radius 3 is 2.37 bits per heavy atom. The largest absolute Gasteiger partial charge is 0.466 e. The zero-order valence-electron chi connectivity index (χ0n) is 28.1. The third-order valence-corrected chi connectivity index (χ3v) is 8.98. The number of imidazole rings is 1. The minimum absolute atomic E-state index is 0.0198. The Hall–Kier alpha value is -5.20. The molecule has 12 nitrogen and oxygen atoms in total. The van der Waals surface area contributed by atoms with Crippen molar-refractivity contribution in [2.24, 2.45) is 12.8 Å². The molecule has 4 aromatic rings. The molecule has 1 aliphatic rings. The van der Waals surface area contributed by atoms with Gasteiger partial charge in [0.05, 0.1) is 35.6 Å². The van der Waals surface area contributed by atoms with Crippen LogP contribution in [0.4, 0.5) is 0 Å². The third kappa shape index (κ3) is 7.93. The molecule has 0 spiro atoms. The van der Waals surface area contributed by atoms with Crippen LogP contribution in [0, 0.1) is 5.41 Å². The van der Waals surface area contributed by atoms with E-state index >= 15 is 0 Å². The van der Waals surface area contributed by atoms with Crippen LogP contribution in [0.1, 0.15) is 72.0 Å². The van der Waals surface area contributed by atoms with Gasteiger partial charge < -0.3 is 30.6 Å². The van der Waals surface area contributed by atoms with Crippen LogP contribution in [0.15, 0.2) is 72.8 Å². The van der Waals surface area contributed by atoms with Crippen LogP contribution < -0.4 is 16.4 Å². The van der Waals surface area contributed by atoms with E-state index in [2.05, 4.69) is 10.6 Å². The van der Waals surface area contributed by atoms with E-state index in [-0.39, 0.29) is 49.6 Å². The lowest BCUT2D eigenvalue weighted by molar-refractivity contribution is -0.145. The number of carbonyl (C=O) groups excluding carboxylic acids is 4. The maximum atomic E-state index is 14.0. The summed E-state index contributed by atoms with van der Waals surface area (Å²) in [5.74, 6) is -0.677. The molecule has 2 heterocycles. The minimum Gasteiger partial charge on any atom is -0.466 e. The molecular weight excluding hydrogens is 622 g/mol. The number of nitrogens with zero attached hydrogens (tertiary/aromatic N) is 3. The second-order valence-corrected chi connectivity index (χ2v) is 12.5. The van der Waals surface area contributed by atoms with Crippen molar-refractivity contribution < 1.29 is 23.9 Å². The maximum absolute atomic E-state index is 14.0. The summed E-state index contributed by atoms with van der Waals surface area (Å²) in [7, 11) is 1.89. The van der Waals surface area contributed by atoms with E-state index in [0.29, 0.717) is 35.6 Å². The molecule has 2 amide bonds. The Bertz CT molecular complexity index is 1850. The Labute approximate surface area is 285 Å². The van der Waals surface area contributed by atoms with Crippen molar-refractivity contribution in [3.8, 4) is 0 Å². The lowest BCUT2D eigenvalue weighted by atomic mass is 9.80. The highest BCUT2D eigenvalue weighted by Gasteiger charge is 2.39. The molecule has 1 aliphatic heterocycles. The topological polar surface area (TPSA) is 172 Å². The molecule has 0 saturated carbocycles. The van der Waals surface area contributed by atoms with Crippen LogP contribution in [0.5, 0.6) is 0 Å². The van der Waals surface area contributed by atoms with Gasteiger partial charge in [0, 0.05) is 37.8 Å². The summed E-state index contributed by atoms with van der Waals surface area (Å²) in [6.07, 6.45) is 1.56. The Balaban J connectivity index is 1.34. The van der Waals surface area contributed by atoms with Gasteiger partial charge in [-0.25, -0.2) is 4.98 Å². The number of nitrogens with one attached hydrogen (secondary N) is 3. The van der Waals surface area contributed by atoms with Gasteiger partial charge in [-0.3, -0.25) is 24.6 Å². The van der Waals surface area contributed by atoms with Crippen molar-refractivity contribution >= 4 is 40.4 Å². The Morgan fingerprint density at radius 1 is 1.00 bits per heavy atom. The average Bonchev–Trinajstić information content (AvgIpc) is 3.76. The summed E-state index contributed by atoms with van der Waals surface area (Å²) >= 11 is 0. The van der Waals surface area contributed by atoms with Crippen molar-refractivity contribution in [1.29, 1.82) is 5.41 Å². The third-order valence-electron chi connectivity index (χ3n) is 8.98. The highest BCUT2D eigenvalue weighted by atomic mass is 16.5. The van der Waals surface area contributed by atoms with Gasteiger partial charge in [-0.15, -0.1) is 0 Å². The quantitative estimate of drug-likeness (QED) is 0.0729. The number of nitrogens with two attached hydrogens (primary N) is 1. The number of hydrogen-bond donors (Lipinski definition) is 4. The number of Topliss-reactive ketones (excluding diaryl/α,β-unsaturated/α-hetero) is 1. The fourth-order valence-corrected chi connectivity index (χ4v) is 6.15. The first-order valence-electron chi connectivity index (χ1n) is 16.5. The molecule has 2 atom stereocenters. The molecule has 12 heteroatoms. The van der Waals surface area contributed by atoms with E-state index in [1.807, 2.05) is 59.8 Å². The van der Waals surface area contributed by atoms with Gasteiger partial charge in [-0.2, -0.15) is 0 Å². The summed E-state index contributed by atoms with van der Waals surface area (Å²) in [5, 5.41) is 14.1. The first-order chi connectivity index (χ1) is 23.5. The molecule has 1 aromatic heterocycles. The number of ketones is 1. The van der Waals surface area contributed by atoms with Crippen LogP contribution in [-0.4, -0.2) is 76.6 Å². The summed E-state index contributed by atoms with van der Waals surface area (Å²) in [4.78, 5) is 57.4. The predicted octanol–water partition coefficient (Wildman–Crippen LogP) is 3.37. The molecule has 2 unspecified atom stereocenters. The predicted molar refractivity (Wildman–Crippen MR) is 186 cm³/mol. The van der Waals surface area contributed by atoms with Crippen molar-refractivity contribution in [1.82, 2.24) is 25.1 Å². The smallest absolute Gasteiger partial charge is 0.313 e. The van der Waals surface area contributed by atoms with E-state index in [9.17, 15) is 19.2 Å². The lowest BCUT2D eigenvalue weighted by Gasteiger charge is -2.33. The maximum Gasteiger partial charge on any atom is 0.313 e. The van der Waals surface area contributed by atoms with Crippen LogP contribution in [0.25, 0.3) is 11.0 Å². The summed E-state index contributed by atoms with van der Waals surface area (Å²) in [6.45, 7) is 5.25. The fourth-order valence-electron chi connectivity index (χ4n) is 6.15. The number of rotatable bonds is 13. The molecule has 3 aromatic carbocycles. The van der Waals surface area contributed by atoms with E-state index in [4.69, 9.17) is 20.9 Å². The van der Waals surface area contributed by atoms with E-state index in [0.717, 1.165) is 29.5 Å². The lowest BCUT2D eigenvalue weighted by Crippen LogP contribution is -2.50. The number of amides is 2. The number of fused-ring (bicyclic) bond motifs is 1. The van der Waals surface area contributed by atoms with E-state index in [1.165, 1.54) is 0 Å². The SMILES string of the molecule is CCOC(=O)CC(=O)CNCC(C)(C(=O)N1CCCC1)c1ccc2c(c1)nc(C(N)c1ccc(C(=N)NC(=O)c3ccccc3)cc1)n2C. The highest BCUT2D eigenvalue weighted by Crippen LogP contribution is 2.32. The van der Waals surface area contributed by atoms with Crippen molar-refractivity contribution in [3.05, 3.63) is 101 Å². The van der Waals surface area contributed by atoms with E-state index in [1.54, 1.807) is 43.3 Å². The molecular formula is C37H43N7O5. The average molecular weight is 666 g/mol. The molecule has 5 N–H and O–H groups in total. The first kappa shape index (κ1) is 35.1. The van der Waals surface area contributed by atoms with Crippen LogP contribution in [0.2, 0.25) is 0 Å². The molecule has 49 heavy (non-hydrogen) atoms. The van der Waals surface area contributed by atoms with Gasteiger partial charge in [0.25, 0.3) is 5.91 Å². The number of benzene rings is 3. The monoisotopic (exact) mass is 665 g/mol. The number of hydrogen-bond acceptors (Lipinski definition) is 9. The number of ether oxygens (including phenoxy) is 1. The molecule has 0 bridgehead atoms. The number of aromatic nitrogens is 2. The summed E-state index contributed by atoms with van der Waals surface area (Å²) in [5.41, 5.74) is 9.76. The fraction of sp³-hybridized carbons (Fsp3) is 0.351. The van der Waals surface area contributed by atoms with Gasteiger partial charge >= 0.3 is 5.97 Å². The molecule has 5 rings (SSSR count). The normalized spacial score (nSPS) is 14.7. The molecule has 1 fully saturated rings. The summed E-state index contributed by atoms with van der Waals surface area (Å²) in [6, 6.07) is 21.0. The summed E-state index contributed by atoms with van der Waals surface area (Å²) < 4.78 is 6.81. The number of esters is 1. The molecule has 0 radical (unpaired) electrons. The zero-order chi connectivity index (χ0) is 35.1. The number of amidine groups is 1. The van der Waals surface area contributed by atoms with Crippen LogP contribution in [-0.2, 0) is 31.6 Å². The second kappa shape index (κ2) is 15.3. The van der Waals surface area contributed by atoms with Gasteiger partial charge in [0.15, 0.2) is 5.78 Å². The number of carbonyl (C=O) groups is 4. The Kier molecular flexibility index (Phi) is 11.0.